The minimum atomic E-state index is -5.08. The zero-order valence-corrected chi connectivity index (χ0v) is 24.5. The van der Waals surface area contributed by atoms with Crippen LogP contribution in [0.15, 0.2) is 46.5 Å². The Hall–Kier alpha value is -4.84. The number of rotatable bonds is 6. The molecule has 0 spiro atoms. The van der Waals surface area contributed by atoms with Crippen molar-refractivity contribution in [2.45, 2.75) is 30.6 Å². The lowest BCUT2D eigenvalue weighted by Crippen LogP contribution is -2.25. The summed E-state index contributed by atoms with van der Waals surface area (Å²) >= 11 is 0. The summed E-state index contributed by atoms with van der Waals surface area (Å²) in [6.45, 7) is 3.95. The van der Waals surface area contributed by atoms with Crippen molar-refractivity contribution in [1.82, 2.24) is 9.97 Å². The fraction of sp³-hybridized carbons (Fsp3) is 0.111. The molecule has 228 valence electrons. The third kappa shape index (κ3) is 4.84. The van der Waals surface area contributed by atoms with Gasteiger partial charge in [-0.15, -0.1) is 0 Å². The molecule has 4 aromatic rings. The number of nitrogens with zero attached hydrogens (tertiary/aromatic N) is 2. The van der Waals surface area contributed by atoms with Crippen molar-refractivity contribution >= 4 is 60.4 Å². The second kappa shape index (κ2) is 10.4. The summed E-state index contributed by atoms with van der Waals surface area (Å²) in [5.74, 6) is -5.26. The summed E-state index contributed by atoms with van der Waals surface area (Å²) in [6.07, 6.45) is 0.709. The lowest BCUT2D eigenvalue weighted by Gasteiger charge is -2.26. The van der Waals surface area contributed by atoms with Crippen LogP contribution in [0, 0.1) is 32.5 Å². The van der Waals surface area contributed by atoms with E-state index < -0.39 is 70.4 Å². The lowest BCUT2D eigenvalue weighted by molar-refractivity contribution is 0.0980. The number of benzene rings is 3. The summed E-state index contributed by atoms with van der Waals surface area (Å²) in [7, 11) is -10.1. The predicted octanol–water partition coefficient (Wildman–Crippen LogP) is 4.02. The standard InChI is InChI=1S/C27H21F2N5O8S2/c1-10-21(11(2)25(44(40,41)42)12(3)22(10)34-27-19(28)26(29)31-9-32-27)33-15-8-16(43(37,38)39)20(30)18-17(15)23(35)13-6-4-5-7-14(13)24(18)36/h4-9,33H,30H2,1-3H3,(H,31,32,34)(H,37,38,39)(H,40,41,42). The van der Waals surface area contributed by atoms with Gasteiger partial charge in [-0.05, 0) is 43.5 Å². The molecule has 1 aliphatic carbocycles. The molecular weight excluding hydrogens is 624 g/mol. The van der Waals surface area contributed by atoms with E-state index >= 15 is 0 Å². The number of nitrogens with two attached hydrogens (primary N) is 1. The largest absolute Gasteiger partial charge is 0.397 e. The number of ketones is 2. The monoisotopic (exact) mass is 645 g/mol. The SMILES string of the molecule is Cc1c(Nc2cc(S(=O)(=O)O)c(N)c3c2C(=O)c2ccccc2C3=O)c(C)c(S(=O)(=O)O)c(C)c1Nc1ncnc(F)c1F. The van der Waals surface area contributed by atoms with E-state index in [1.807, 2.05) is 0 Å². The molecule has 44 heavy (non-hydrogen) atoms. The van der Waals surface area contributed by atoms with Gasteiger partial charge in [-0.1, -0.05) is 24.3 Å². The van der Waals surface area contributed by atoms with E-state index in [1.54, 1.807) is 0 Å². The van der Waals surface area contributed by atoms with E-state index in [4.69, 9.17) is 5.73 Å². The van der Waals surface area contributed by atoms with Crippen molar-refractivity contribution in [3.05, 3.63) is 87.4 Å². The van der Waals surface area contributed by atoms with Gasteiger partial charge in [0.25, 0.3) is 26.2 Å². The number of aromatic nitrogens is 2. The van der Waals surface area contributed by atoms with Gasteiger partial charge in [-0.2, -0.15) is 25.6 Å². The summed E-state index contributed by atoms with van der Waals surface area (Å²) in [4.78, 5) is 32.3. The van der Waals surface area contributed by atoms with Crippen LogP contribution in [-0.4, -0.2) is 47.5 Å². The Balaban J connectivity index is 1.83. The second-order valence-corrected chi connectivity index (χ2v) is 12.5. The summed E-state index contributed by atoms with van der Waals surface area (Å²) in [5, 5.41) is 5.25. The van der Waals surface area contributed by atoms with E-state index in [0.717, 1.165) is 6.07 Å². The number of nitrogens with one attached hydrogen (secondary N) is 2. The molecule has 0 bridgehead atoms. The van der Waals surface area contributed by atoms with Gasteiger partial charge in [0.1, 0.15) is 16.1 Å². The Kier molecular flexibility index (Phi) is 7.24. The van der Waals surface area contributed by atoms with Gasteiger partial charge in [-0.3, -0.25) is 18.7 Å². The number of nitrogen functional groups attached to an aromatic ring is 1. The van der Waals surface area contributed by atoms with E-state index in [9.17, 15) is 44.3 Å². The second-order valence-electron chi connectivity index (χ2n) is 9.77. The van der Waals surface area contributed by atoms with Gasteiger partial charge < -0.3 is 16.4 Å². The lowest BCUT2D eigenvalue weighted by atomic mass is 9.82. The average Bonchev–Trinajstić information content (AvgIpc) is 2.93. The van der Waals surface area contributed by atoms with Crippen molar-refractivity contribution in [1.29, 1.82) is 0 Å². The molecule has 1 aliphatic rings. The average molecular weight is 646 g/mol. The van der Waals surface area contributed by atoms with Gasteiger partial charge >= 0.3 is 0 Å². The van der Waals surface area contributed by atoms with Crippen LogP contribution in [0.2, 0.25) is 0 Å². The fourth-order valence-corrected chi connectivity index (χ4v) is 6.88. The van der Waals surface area contributed by atoms with Crippen LogP contribution >= 0.6 is 0 Å². The van der Waals surface area contributed by atoms with Gasteiger partial charge in [0, 0.05) is 22.5 Å². The van der Waals surface area contributed by atoms with Crippen LogP contribution in [0.1, 0.15) is 48.5 Å². The first kappa shape index (κ1) is 30.6. The summed E-state index contributed by atoms with van der Waals surface area (Å²) < 4.78 is 98.0. The number of carbonyl (C=O) groups excluding carboxylic acids is 2. The molecule has 1 aromatic heterocycles. The molecule has 6 N–H and O–H groups in total. The molecule has 5 rings (SSSR count). The van der Waals surface area contributed by atoms with Gasteiger partial charge in [0.15, 0.2) is 17.4 Å². The fourth-order valence-electron chi connectivity index (χ4n) is 5.25. The molecule has 1 heterocycles. The van der Waals surface area contributed by atoms with Crippen LogP contribution in [0.5, 0.6) is 0 Å². The summed E-state index contributed by atoms with van der Waals surface area (Å²) in [5.41, 5.74) is 3.42. The summed E-state index contributed by atoms with van der Waals surface area (Å²) in [6, 6.07) is 6.48. The quantitative estimate of drug-likeness (QED) is 0.100. The molecule has 0 unspecified atom stereocenters. The Morgan fingerprint density at radius 2 is 1.34 bits per heavy atom. The maximum Gasteiger partial charge on any atom is 0.296 e. The van der Waals surface area contributed by atoms with Crippen LogP contribution in [0.3, 0.4) is 0 Å². The van der Waals surface area contributed by atoms with Gasteiger partial charge in [0.2, 0.25) is 5.82 Å². The molecule has 0 fully saturated rings. The molecule has 0 amide bonds. The molecule has 0 aliphatic heterocycles. The van der Waals surface area contributed by atoms with E-state index in [1.165, 1.54) is 45.0 Å². The van der Waals surface area contributed by atoms with Crippen LogP contribution in [-0.2, 0) is 20.2 Å². The van der Waals surface area contributed by atoms with Crippen molar-refractivity contribution in [2.24, 2.45) is 0 Å². The normalized spacial score (nSPS) is 13.0. The number of halogens is 2. The molecule has 0 radical (unpaired) electrons. The molecule has 0 saturated carbocycles. The van der Waals surface area contributed by atoms with Crippen LogP contribution in [0.25, 0.3) is 0 Å². The predicted molar refractivity (Wildman–Crippen MR) is 153 cm³/mol. The van der Waals surface area contributed by atoms with Gasteiger partial charge in [-0.25, -0.2) is 9.97 Å². The van der Waals surface area contributed by atoms with Gasteiger partial charge in [0.05, 0.1) is 22.5 Å². The Morgan fingerprint density at radius 1 is 0.795 bits per heavy atom. The maximum atomic E-state index is 14.5. The minimum Gasteiger partial charge on any atom is -0.397 e. The Labute approximate surface area is 248 Å². The third-order valence-electron chi connectivity index (χ3n) is 7.17. The van der Waals surface area contributed by atoms with Crippen molar-refractivity contribution < 1.29 is 44.3 Å². The smallest absolute Gasteiger partial charge is 0.296 e. The molecule has 0 atom stereocenters. The maximum absolute atomic E-state index is 14.5. The zero-order valence-electron chi connectivity index (χ0n) is 22.9. The highest BCUT2D eigenvalue weighted by molar-refractivity contribution is 7.86. The number of hydrogen-bond donors (Lipinski definition) is 5. The van der Waals surface area contributed by atoms with E-state index in [2.05, 4.69) is 20.6 Å². The van der Waals surface area contributed by atoms with Crippen molar-refractivity contribution in [2.75, 3.05) is 16.4 Å². The number of carbonyl (C=O) groups is 2. The first-order valence-electron chi connectivity index (χ1n) is 12.4. The zero-order chi connectivity index (χ0) is 32.5. The van der Waals surface area contributed by atoms with Crippen LogP contribution in [0.4, 0.5) is 37.3 Å². The Morgan fingerprint density at radius 3 is 1.89 bits per heavy atom. The highest BCUT2D eigenvalue weighted by atomic mass is 32.2. The van der Waals surface area contributed by atoms with E-state index in [-0.39, 0.29) is 50.4 Å². The molecule has 13 nitrogen and oxygen atoms in total. The topological polar surface area (TPSA) is 219 Å². The number of fused-ring (bicyclic) bond motifs is 2. The first-order chi connectivity index (χ1) is 20.4. The minimum absolute atomic E-state index is 0.0355. The molecule has 17 heteroatoms. The first-order valence-corrected chi connectivity index (χ1v) is 15.3. The molecular formula is C27H21F2N5O8S2. The molecule has 3 aromatic carbocycles. The highest BCUT2D eigenvalue weighted by Gasteiger charge is 2.37. The van der Waals surface area contributed by atoms with Crippen LogP contribution < -0.4 is 16.4 Å². The Bertz CT molecular complexity index is 2190. The third-order valence-corrected chi connectivity index (χ3v) is 9.19. The highest BCUT2D eigenvalue weighted by Crippen LogP contribution is 2.44. The number of hydrogen-bond acceptors (Lipinski definition) is 11. The van der Waals surface area contributed by atoms with Crippen molar-refractivity contribution in [3.8, 4) is 0 Å². The molecule has 0 saturated heterocycles. The van der Waals surface area contributed by atoms with E-state index in [0.29, 0.717) is 6.33 Å². The van der Waals surface area contributed by atoms with Crippen molar-refractivity contribution in [3.63, 3.8) is 0 Å². The number of anilines is 5.